The van der Waals surface area contributed by atoms with Crippen molar-refractivity contribution >= 4 is 34.6 Å². The molecule has 1 aliphatic rings. The predicted octanol–water partition coefficient (Wildman–Crippen LogP) is 5.80. The van der Waals surface area contributed by atoms with E-state index in [-0.39, 0.29) is 5.91 Å². The third-order valence-corrected chi connectivity index (χ3v) is 5.36. The van der Waals surface area contributed by atoms with Crippen LogP contribution in [0.4, 0.5) is 5.69 Å². The van der Waals surface area contributed by atoms with Crippen molar-refractivity contribution in [1.82, 2.24) is 4.90 Å². The maximum atomic E-state index is 13.0. The number of rotatable bonds is 7. The van der Waals surface area contributed by atoms with Crippen molar-refractivity contribution < 1.29 is 9.53 Å². The molecule has 2 aromatic rings. The lowest BCUT2D eigenvalue weighted by Gasteiger charge is -2.14. The van der Waals surface area contributed by atoms with E-state index in [1.54, 1.807) is 4.90 Å². The van der Waals surface area contributed by atoms with Crippen LogP contribution in [-0.4, -0.2) is 29.1 Å². The Hall–Kier alpha value is -2.53. The van der Waals surface area contributed by atoms with Crippen LogP contribution in [0.2, 0.25) is 0 Å². The lowest BCUT2D eigenvalue weighted by molar-refractivity contribution is -0.122. The second kappa shape index (κ2) is 9.60. The first kappa shape index (κ1) is 20.2. The molecule has 2 aromatic carbocycles. The van der Waals surface area contributed by atoms with Crippen molar-refractivity contribution in [3.8, 4) is 5.75 Å². The molecule has 1 aliphatic heterocycles. The summed E-state index contributed by atoms with van der Waals surface area (Å²) in [4.78, 5) is 20.2. The highest BCUT2D eigenvalue weighted by Crippen LogP contribution is 2.34. The molecule has 0 atom stereocenters. The Labute approximate surface area is 171 Å². The average molecular weight is 395 g/mol. The van der Waals surface area contributed by atoms with Gasteiger partial charge in [0, 0.05) is 6.54 Å². The van der Waals surface area contributed by atoms with Gasteiger partial charge >= 0.3 is 0 Å². The Kier molecular flexibility index (Phi) is 6.93. The standard InChI is InChI=1S/C23H26N2O2S/c1-4-6-14-25-22(26)21(16-18-8-7-9-20(15-18)27-5-2)28-23(25)24-19-12-10-17(3)11-13-19/h7-13,15-16H,4-6,14H2,1-3H3/b21-16+,24-23?. The van der Waals surface area contributed by atoms with Crippen molar-refractivity contribution in [3.63, 3.8) is 0 Å². The Balaban J connectivity index is 1.90. The number of nitrogens with zero attached hydrogens (tertiary/aromatic N) is 2. The van der Waals surface area contributed by atoms with Gasteiger partial charge in [0.2, 0.25) is 0 Å². The molecule has 0 radical (unpaired) electrons. The van der Waals surface area contributed by atoms with Gasteiger partial charge in [-0.3, -0.25) is 9.69 Å². The third-order valence-electron chi connectivity index (χ3n) is 4.35. The number of hydrogen-bond donors (Lipinski definition) is 0. The number of hydrogen-bond acceptors (Lipinski definition) is 4. The summed E-state index contributed by atoms with van der Waals surface area (Å²) in [6.45, 7) is 7.44. The zero-order valence-electron chi connectivity index (χ0n) is 16.6. The number of aliphatic imine (C=N–C) groups is 1. The summed E-state index contributed by atoms with van der Waals surface area (Å²) in [7, 11) is 0. The number of amides is 1. The van der Waals surface area contributed by atoms with Crippen LogP contribution in [0.25, 0.3) is 6.08 Å². The predicted molar refractivity (Wildman–Crippen MR) is 118 cm³/mol. The van der Waals surface area contributed by atoms with Gasteiger partial charge < -0.3 is 4.74 Å². The second-order valence-electron chi connectivity index (χ2n) is 6.66. The molecule has 5 heteroatoms. The molecule has 0 aliphatic carbocycles. The number of thioether (sulfide) groups is 1. The summed E-state index contributed by atoms with van der Waals surface area (Å²) in [5.41, 5.74) is 3.01. The summed E-state index contributed by atoms with van der Waals surface area (Å²) >= 11 is 1.44. The number of ether oxygens (including phenoxy) is 1. The van der Waals surface area contributed by atoms with Crippen molar-refractivity contribution in [2.75, 3.05) is 13.2 Å². The molecule has 0 spiro atoms. The zero-order chi connectivity index (χ0) is 19.9. The maximum absolute atomic E-state index is 13.0. The lowest BCUT2D eigenvalue weighted by atomic mass is 10.2. The molecule has 1 fully saturated rings. The molecule has 4 nitrogen and oxygen atoms in total. The Morgan fingerprint density at radius 1 is 1.14 bits per heavy atom. The van der Waals surface area contributed by atoms with Crippen molar-refractivity contribution in [3.05, 3.63) is 64.6 Å². The van der Waals surface area contributed by atoms with E-state index in [1.807, 2.05) is 61.5 Å². The summed E-state index contributed by atoms with van der Waals surface area (Å²) < 4.78 is 5.57. The Morgan fingerprint density at radius 2 is 1.93 bits per heavy atom. The van der Waals surface area contributed by atoms with E-state index >= 15 is 0 Å². The smallest absolute Gasteiger partial charge is 0.266 e. The number of benzene rings is 2. The molecule has 0 bridgehead atoms. The van der Waals surface area contributed by atoms with Gasteiger partial charge in [0.1, 0.15) is 5.75 Å². The first-order chi connectivity index (χ1) is 13.6. The van der Waals surface area contributed by atoms with E-state index in [1.165, 1.54) is 17.3 Å². The van der Waals surface area contributed by atoms with E-state index < -0.39 is 0 Å². The van der Waals surface area contributed by atoms with Crippen LogP contribution in [-0.2, 0) is 4.79 Å². The average Bonchev–Trinajstić information content (AvgIpc) is 2.97. The molecule has 0 N–H and O–H groups in total. The largest absolute Gasteiger partial charge is 0.494 e. The zero-order valence-corrected chi connectivity index (χ0v) is 17.5. The molecule has 146 valence electrons. The van der Waals surface area contributed by atoms with E-state index in [2.05, 4.69) is 13.8 Å². The minimum Gasteiger partial charge on any atom is -0.494 e. The molecule has 0 saturated carbocycles. The van der Waals surface area contributed by atoms with Crippen LogP contribution in [0.3, 0.4) is 0 Å². The number of carbonyl (C=O) groups is 1. The van der Waals surface area contributed by atoms with E-state index in [0.717, 1.165) is 35.0 Å². The molecule has 0 aromatic heterocycles. The van der Waals surface area contributed by atoms with Gasteiger partial charge in [-0.15, -0.1) is 0 Å². The topological polar surface area (TPSA) is 41.9 Å². The fraction of sp³-hybridized carbons (Fsp3) is 0.304. The van der Waals surface area contributed by atoms with Crippen LogP contribution in [0.5, 0.6) is 5.75 Å². The van der Waals surface area contributed by atoms with Crippen LogP contribution >= 0.6 is 11.8 Å². The Morgan fingerprint density at radius 3 is 2.64 bits per heavy atom. The lowest BCUT2D eigenvalue weighted by Crippen LogP contribution is -2.30. The fourth-order valence-electron chi connectivity index (χ4n) is 2.85. The minimum absolute atomic E-state index is 0.0196. The quantitative estimate of drug-likeness (QED) is 0.558. The van der Waals surface area contributed by atoms with Crippen molar-refractivity contribution in [1.29, 1.82) is 0 Å². The molecule has 28 heavy (non-hydrogen) atoms. The van der Waals surface area contributed by atoms with Gasteiger partial charge in [0.25, 0.3) is 5.91 Å². The van der Waals surface area contributed by atoms with Gasteiger partial charge in [0.05, 0.1) is 17.2 Å². The van der Waals surface area contributed by atoms with Gasteiger partial charge in [0.15, 0.2) is 5.17 Å². The van der Waals surface area contributed by atoms with Gasteiger partial charge in [-0.05, 0) is 67.9 Å². The monoisotopic (exact) mass is 394 g/mol. The summed E-state index contributed by atoms with van der Waals surface area (Å²) in [6, 6.07) is 15.8. The Bertz CT molecular complexity index is 888. The highest BCUT2D eigenvalue weighted by Gasteiger charge is 2.32. The van der Waals surface area contributed by atoms with Gasteiger partial charge in [-0.2, -0.15) is 0 Å². The van der Waals surface area contributed by atoms with Crippen LogP contribution in [0, 0.1) is 6.92 Å². The summed E-state index contributed by atoms with van der Waals surface area (Å²) in [5, 5.41) is 0.745. The molecule has 1 saturated heterocycles. The molecular formula is C23H26N2O2S. The highest BCUT2D eigenvalue weighted by molar-refractivity contribution is 8.18. The van der Waals surface area contributed by atoms with Crippen molar-refractivity contribution in [2.45, 2.75) is 33.6 Å². The maximum Gasteiger partial charge on any atom is 0.266 e. The first-order valence-electron chi connectivity index (χ1n) is 9.70. The van der Waals surface area contributed by atoms with Crippen LogP contribution < -0.4 is 4.74 Å². The SMILES string of the molecule is CCCCN1C(=O)/C(=C\c2cccc(OCC)c2)SC1=Nc1ccc(C)cc1. The molecule has 1 heterocycles. The number of unbranched alkanes of at least 4 members (excludes halogenated alkanes) is 1. The number of carbonyl (C=O) groups excluding carboxylic acids is 1. The van der Waals surface area contributed by atoms with Crippen LogP contribution in [0.1, 0.15) is 37.8 Å². The highest BCUT2D eigenvalue weighted by atomic mass is 32.2. The molecule has 0 unspecified atom stereocenters. The van der Waals surface area contributed by atoms with E-state index in [9.17, 15) is 4.79 Å². The van der Waals surface area contributed by atoms with Crippen molar-refractivity contribution in [2.24, 2.45) is 4.99 Å². The van der Waals surface area contributed by atoms with E-state index in [4.69, 9.17) is 9.73 Å². The molecule has 1 amide bonds. The summed E-state index contributed by atoms with van der Waals surface area (Å²) in [5.74, 6) is 0.829. The van der Waals surface area contributed by atoms with Gasteiger partial charge in [-0.25, -0.2) is 4.99 Å². The first-order valence-corrected chi connectivity index (χ1v) is 10.5. The number of amidine groups is 1. The van der Waals surface area contributed by atoms with Gasteiger partial charge in [-0.1, -0.05) is 43.2 Å². The molecule has 3 rings (SSSR count). The van der Waals surface area contributed by atoms with Crippen LogP contribution in [0.15, 0.2) is 58.4 Å². The van der Waals surface area contributed by atoms with E-state index in [0.29, 0.717) is 18.1 Å². The number of aryl methyl sites for hydroxylation is 1. The normalized spacial score (nSPS) is 17.0. The minimum atomic E-state index is 0.0196. The fourth-order valence-corrected chi connectivity index (χ4v) is 3.87. The molecular weight excluding hydrogens is 368 g/mol. The third kappa shape index (κ3) is 5.04. The second-order valence-corrected chi connectivity index (χ2v) is 7.67. The summed E-state index contributed by atoms with van der Waals surface area (Å²) in [6.07, 6.45) is 3.90.